The third kappa shape index (κ3) is 3.66. The first-order chi connectivity index (χ1) is 13.9. The average molecular weight is 388 g/mol. The van der Waals surface area contributed by atoms with Crippen LogP contribution in [0.4, 0.5) is 0 Å². The lowest BCUT2D eigenvalue weighted by molar-refractivity contribution is 0.0686. The van der Waals surface area contributed by atoms with Crippen LogP contribution in [0, 0.1) is 6.92 Å². The molecule has 0 bridgehead atoms. The van der Waals surface area contributed by atoms with Crippen LogP contribution in [-0.2, 0) is 12.8 Å². The number of aryl methyl sites for hydroxylation is 2. The highest BCUT2D eigenvalue weighted by Crippen LogP contribution is 2.42. The molecular weight excluding hydrogens is 364 g/mol. The molecule has 0 atom stereocenters. The van der Waals surface area contributed by atoms with Crippen LogP contribution < -0.4 is 0 Å². The zero-order chi connectivity index (χ0) is 21.1. The Hall–Kier alpha value is -3.40. The lowest BCUT2D eigenvalue weighted by Gasteiger charge is -2.22. The van der Waals surface area contributed by atoms with Crippen molar-refractivity contribution in [2.24, 2.45) is 0 Å². The summed E-state index contributed by atoms with van der Waals surface area (Å²) < 4.78 is 0. The SMILES string of the molecule is CCc1cc(CC)c(-c2ccccc2C(=O)O)c(-c2ccccc2C(=O)O)c1C. The molecule has 0 spiro atoms. The van der Waals surface area contributed by atoms with E-state index in [9.17, 15) is 19.8 Å². The third-order valence-corrected chi connectivity index (χ3v) is 5.39. The molecule has 0 aliphatic rings. The summed E-state index contributed by atoms with van der Waals surface area (Å²) in [5.41, 5.74) is 6.36. The van der Waals surface area contributed by atoms with Gasteiger partial charge in [0.1, 0.15) is 0 Å². The largest absolute Gasteiger partial charge is 0.478 e. The van der Waals surface area contributed by atoms with Crippen LogP contribution >= 0.6 is 0 Å². The van der Waals surface area contributed by atoms with Crippen molar-refractivity contribution in [2.45, 2.75) is 33.6 Å². The minimum Gasteiger partial charge on any atom is -0.478 e. The Morgan fingerprint density at radius 1 is 0.724 bits per heavy atom. The normalized spacial score (nSPS) is 10.7. The molecule has 148 valence electrons. The molecule has 0 aliphatic carbocycles. The smallest absolute Gasteiger partial charge is 0.336 e. The van der Waals surface area contributed by atoms with Crippen molar-refractivity contribution in [1.29, 1.82) is 0 Å². The van der Waals surface area contributed by atoms with Gasteiger partial charge in [-0.15, -0.1) is 0 Å². The molecule has 3 aromatic rings. The number of aromatic carboxylic acids is 2. The van der Waals surface area contributed by atoms with Gasteiger partial charge in [0.2, 0.25) is 0 Å². The average Bonchev–Trinajstić information content (AvgIpc) is 2.73. The molecule has 0 aromatic heterocycles. The molecule has 3 aromatic carbocycles. The van der Waals surface area contributed by atoms with Crippen LogP contribution in [0.3, 0.4) is 0 Å². The van der Waals surface area contributed by atoms with Gasteiger partial charge in [0.15, 0.2) is 0 Å². The van der Waals surface area contributed by atoms with Crippen molar-refractivity contribution in [3.63, 3.8) is 0 Å². The van der Waals surface area contributed by atoms with Crippen molar-refractivity contribution < 1.29 is 19.8 Å². The van der Waals surface area contributed by atoms with Crippen LogP contribution in [0.1, 0.15) is 51.3 Å². The zero-order valence-electron chi connectivity index (χ0n) is 16.8. The van der Waals surface area contributed by atoms with Crippen LogP contribution in [0.2, 0.25) is 0 Å². The summed E-state index contributed by atoms with van der Waals surface area (Å²) in [6.45, 7) is 6.09. The van der Waals surface area contributed by atoms with Gasteiger partial charge in [-0.2, -0.15) is 0 Å². The van der Waals surface area contributed by atoms with E-state index in [2.05, 4.69) is 13.0 Å². The molecule has 0 saturated heterocycles. The molecule has 0 aliphatic heterocycles. The number of benzene rings is 3. The molecule has 0 amide bonds. The van der Waals surface area contributed by atoms with E-state index in [0.717, 1.165) is 34.2 Å². The van der Waals surface area contributed by atoms with Gasteiger partial charge in [0, 0.05) is 0 Å². The lowest BCUT2D eigenvalue weighted by Crippen LogP contribution is -2.07. The van der Waals surface area contributed by atoms with Gasteiger partial charge >= 0.3 is 11.9 Å². The van der Waals surface area contributed by atoms with E-state index in [4.69, 9.17) is 0 Å². The van der Waals surface area contributed by atoms with E-state index in [1.165, 1.54) is 0 Å². The van der Waals surface area contributed by atoms with Crippen LogP contribution in [0.25, 0.3) is 22.3 Å². The predicted molar refractivity (Wildman–Crippen MR) is 115 cm³/mol. The summed E-state index contributed by atoms with van der Waals surface area (Å²) in [5, 5.41) is 19.6. The Kier molecular flexibility index (Phi) is 5.83. The summed E-state index contributed by atoms with van der Waals surface area (Å²) in [6.07, 6.45) is 1.51. The lowest BCUT2D eigenvalue weighted by atomic mass is 9.81. The molecule has 0 fully saturated rings. The Bertz CT molecular complexity index is 1100. The first kappa shape index (κ1) is 20.3. The highest BCUT2D eigenvalue weighted by Gasteiger charge is 2.23. The number of rotatable bonds is 6. The van der Waals surface area contributed by atoms with Crippen molar-refractivity contribution in [2.75, 3.05) is 0 Å². The van der Waals surface area contributed by atoms with Gasteiger partial charge in [0.05, 0.1) is 11.1 Å². The minimum absolute atomic E-state index is 0.208. The van der Waals surface area contributed by atoms with E-state index in [-0.39, 0.29) is 11.1 Å². The predicted octanol–water partition coefficient (Wildman–Crippen LogP) is 5.85. The molecular formula is C25H24O4. The first-order valence-electron chi connectivity index (χ1n) is 9.71. The number of carboxylic acid groups (broad SMARTS) is 2. The fraction of sp³-hybridized carbons (Fsp3) is 0.200. The fourth-order valence-electron chi connectivity index (χ4n) is 3.96. The standard InChI is InChI=1S/C25H24O4/c1-4-16-14-17(5-2)23(19-11-7-9-13-21(19)25(28)29)22(15(16)3)18-10-6-8-12-20(18)24(26)27/h6-14H,4-5H2,1-3H3,(H,26,27)(H,28,29). The third-order valence-electron chi connectivity index (χ3n) is 5.39. The summed E-state index contributed by atoms with van der Waals surface area (Å²) >= 11 is 0. The molecule has 4 heteroatoms. The van der Waals surface area contributed by atoms with E-state index < -0.39 is 11.9 Å². The summed E-state index contributed by atoms with van der Waals surface area (Å²) in [4.78, 5) is 23.9. The Morgan fingerprint density at radius 3 is 1.62 bits per heavy atom. The van der Waals surface area contributed by atoms with Gasteiger partial charge in [-0.05, 0) is 70.8 Å². The van der Waals surface area contributed by atoms with Gasteiger partial charge in [-0.25, -0.2) is 9.59 Å². The molecule has 2 N–H and O–H groups in total. The maximum absolute atomic E-state index is 11.9. The van der Waals surface area contributed by atoms with Gasteiger partial charge in [0.25, 0.3) is 0 Å². The van der Waals surface area contributed by atoms with Crippen molar-refractivity contribution in [3.05, 3.63) is 82.4 Å². The van der Waals surface area contributed by atoms with Gasteiger partial charge in [-0.3, -0.25) is 0 Å². The maximum Gasteiger partial charge on any atom is 0.336 e. The summed E-state index contributed by atoms with van der Waals surface area (Å²) in [5.74, 6) is -2.00. The summed E-state index contributed by atoms with van der Waals surface area (Å²) in [7, 11) is 0. The first-order valence-corrected chi connectivity index (χ1v) is 9.71. The number of carboxylic acids is 2. The van der Waals surface area contributed by atoms with Gasteiger partial charge in [-0.1, -0.05) is 56.3 Å². The minimum atomic E-state index is -1.00. The molecule has 0 heterocycles. The van der Waals surface area contributed by atoms with E-state index >= 15 is 0 Å². The fourth-order valence-corrected chi connectivity index (χ4v) is 3.96. The number of hydrogen-bond donors (Lipinski definition) is 2. The van der Waals surface area contributed by atoms with Crippen LogP contribution in [0.15, 0.2) is 54.6 Å². The molecule has 29 heavy (non-hydrogen) atoms. The zero-order valence-corrected chi connectivity index (χ0v) is 16.8. The highest BCUT2D eigenvalue weighted by molar-refractivity contribution is 6.04. The Labute approximate surface area is 170 Å². The molecule has 0 saturated carbocycles. The second-order valence-corrected chi connectivity index (χ2v) is 6.98. The molecule has 4 nitrogen and oxygen atoms in total. The molecule has 0 radical (unpaired) electrons. The van der Waals surface area contributed by atoms with Gasteiger partial charge < -0.3 is 10.2 Å². The number of carbonyl (C=O) groups is 2. The second kappa shape index (κ2) is 8.31. The topological polar surface area (TPSA) is 74.6 Å². The quantitative estimate of drug-likeness (QED) is 0.555. The van der Waals surface area contributed by atoms with Crippen LogP contribution in [0.5, 0.6) is 0 Å². The summed E-state index contributed by atoms with van der Waals surface area (Å²) in [6, 6.07) is 16.0. The maximum atomic E-state index is 11.9. The number of hydrogen-bond acceptors (Lipinski definition) is 2. The van der Waals surface area contributed by atoms with Crippen molar-refractivity contribution in [1.82, 2.24) is 0 Å². The molecule has 0 unspecified atom stereocenters. The van der Waals surface area contributed by atoms with E-state index in [1.807, 2.05) is 26.0 Å². The van der Waals surface area contributed by atoms with E-state index in [0.29, 0.717) is 17.5 Å². The van der Waals surface area contributed by atoms with Crippen molar-refractivity contribution >= 4 is 11.9 Å². The van der Waals surface area contributed by atoms with Crippen LogP contribution in [-0.4, -0.2) is 22.2 Å². The highest BCUT2D eigenvalue weighted by atomic mass is 16.4. The van der Waals surface area contributed by atoms with E-state index in [1.54, 1.807) is 36.4 Å². The Morgan fingerprint density at radius 2 is 1.17 bits per heavy atom. The second-order valence-electron chi connectivity index (χ2n) is 6.98. The van der Waals surface area contributed by atoms with Crippen molar-refractivity contribution in [3.8, 4) is 22.3 Å². The molecule has 3 rings (SSSR count). The monoisotopic (exact) mass is 388 g/mol. The Balaban J connectivity index is 2.53.